The lowest BCUT2D eigenvalue weighted by Gasteiger charge is -2.33. The van der Waals surface area contributed by atoms with Crippen LogP contribution in [0.25, 0.3) is 0 Å². The van der Waals surface area contributed by atoms with Crippen molar-refractivity contribution in [1.82, 2.24) is 5.32 Å². The Morgan fingerprint density at radius 1 is 1.33 bits per heavy atom. The summed E-state index contributed by atoms with van der Waals surface area (Å²) < 4.78 is 0. The minimum atomic E-state index is 0.227. The molecule has 1 aliphatic carbocycles. The molecule has 3 N–H and O–H groups in total. The second-order valence-corrected chi connectivity index (χ2v) is 6.29. The lowest BCUT2D eigenvalue weighted by molar-refractivity contribution is -0.122. The molecule has 0 aromatic rings. The van der Waals surface area contributed by atoms with E-state index in [9.17, 15) is 4.79 Å². The zero-order valence-corrected chi connectivity index (χ0v) is 12.2. The van der Waals surface area contributed by atoms with Crippen molar-refractivity contribution in [3.8, 4) is 0 Å². The number of carbonyl (C=O) groups excluding carboxylic acids is 1. The molecule has 1 amide bonds. The minimum Gasteiger partial charge on any atom is -0.353 e. The van der Waals surface area contributed by atoms with Gasteiger partial charge in [0.2, 0.25) is 5.91 Å². The van der Waals surface area contributed by atoms with E-state index in [4.69, 9.17) is 5.73 Å². The van der Waals surface area contributed by atoms with Crippen molar-refractivity contribution < 1.29 is 4.79 Å². The van der Waals surface area contributed by atoms with Gasteiger partial charge < -0.3 is 11.1 Å². The number of nitrogens with two attached hydrogens (primary N) is 1. The second-order valence-electron chi connectivity index (χ2n) is 6.29. The van der Waals surface area contributed by atoms with Gasteiger partial charge in [0.05, 0.1) is 0 Å². The lowest BCUT2D eigenvalue weighted by atomic mass is 9.80. The number of hydrogen-bond donors (Lipinski definition) is 2. The van der Waals surface area contributed by atoms with Crippen LogP contribution in [0.1, 0.15) is 59.3 Å². The van der Waals surface area contributed by atoms with Gasteiger partial charge in [-0.25, -0.2) is 0 Å². The maximum absolute atomic E-state index is 11.9. The highest BCUT2D eigenvalue weighted by Gasteiger charge is 2.26. The number of rotatable bonds is 6. The highest BCUT2D eigenvalue weighted by Crippen LogP contribution is 2.28. The first kappa shape index (κ1) is 15.5. The van der Waals surface area contributed by atoms with Gasteiger partial charge in [0.25, 0.3) is 0 Å². The summed E-state index contributed by atoms with van der Waals surface area (Å²) >= 11 is 0. The van der Waals surface area contributed by atoms with Gasteiger partial charge in [0.1, 0.15) is 0 Å². The average molecular weight is 254 g/mol. The monoisotopic (exact) mass is 254 g/mol. The largest absolute Gasteiger partial charge is 0.353 e. The van der Waals surface area contributed by atoms with E-state index in [0.29, 0.717) is 24.3 Å². The van der Waals surface area contributed by atoms with E-state index in [2.05, 4.69) is 26.1 Å². The fourth-order valence-corrected chi connectivity index (χ4v) is 2.97. The molecule has 3 heteroatoms. The first-order valence-corrected chi connectivity index (χ1v) is 7.52. The van der Waals surface area contributed by atoms with E-state index in [1.54, 1.807) is 0 Å². The fourth-order valence-electron chi connectivity index (χ4n) is 2.97. The van der Waals surface area contributed by atoms with E-state index < -0.39 is 0 Å². The molecule has 0 saturated heterocycles. The molecule has 1 aliphatic rings. The minimum absolute atomic E-state index is 0.227. The summed E-state index contributed by atoms with van der Waals surface area (Å²) in [6.07, 6.45) is 6.27. The predicted octanol–water partition coefficient (Wildman–Crippen LogP) is 2.69. The van der Waals surface area contributed by atoms with Crippen molar-refractivity contribution >= 4 is 5.91 Å². The molecule has 0 aromatic carbocycles. The van der Waals surface area contributed by atoms with Gasteiger partial charge in [-0.05, 0) is 56.4 Å². The molecule has 18 heavy (non-hydrogen) atoms. The van der Waals surface area contributed by atoms with Crippen LogP contribution in [-0.2, 0) is 4.79 Å². The molecule has 1 saturated carbocycles. The Labute approximate surface area is 112 Å². The number of nitrogens with one attached hydrogen (secondary N) is 1. The molecule has 4 atom stereocenters. The summed E-state index contributed by atoms with van der Waals surface area (Å²) in [4.78, 5) is 11.9. The Morgan fingerprint density at radius 3 is 2.67 bits per heavy atom. The van der Waals surface area contributed by atoms with Crippen LogP contribution in [0.3, 0.4) is 0 Å². The van der Waals surface area contributed by atoms with Crippen LogP contribution in [0.2, 0.25) is 0 Å². The number of carbonyl (C=O) groups is 1. The van der Waals surface area contributed by atoms with Crippen LogP contribution >= 0.6 is 0 Å². The molecule has 0 aromatic heterocycles. The first-order chi connectivity index (χ1) is 8.52. The van der Waals surface area contributed by atoms with E-state index in [1.165, 1.54) is 12.8 Å². The Hall–Kier alpha value is -0.570. The summed E-state index contributed by atoms with van der Waals surface area (Å²) in [5.74, 6) is 2.23. The quantitative estimate of drug-likeness (QED) is 0.765. The standard InChI is InChI=1S/C15H30N2O/c1-11(8-9-16)5-7-15(18)17-14-6-4-12(2)10-13(14)3/h11-14H,4-10,16H2,1-3H3,(H,17,18). The highest BCUT2D eigenvalue weighted by molar-refractivity contribution is 5.76. The Morgan fingerprint density at radius 2 is 2.06 bits per heavy atom. The normalized spacial score (nSPS) is 29.9. The van der Waals surface area contributed by atoms with Gasteiger partial charge in [0, 0.05) is 12.5 Å². The van der Waals surface area contributed by atoms with Gasteiger partial charge in [-0.3, -0.25) is 4.79 Å². The van der Waals surface area contributed by atoms with E-state index in [0.717, 1.165) is 31.7 Å². The van der Waals surface area contributed by atoms with Crippen LogP contribution < -0.4 is 11.1 Å². The molecule has 1 fully saturated rings. The lowest BCUT2D eigenvalue weighted by Crippen LogP contribution is -2.42. The summed E-state index contributed by atoms with van der Waals surface area (Å²) in [5, 5.41) is 3.22. The van der Waals surface area contributed by atoms with Gasteiger partial charge >= 0.3 is 0 Å². The van der Waals surface area contributed by atoms with Crippen molar-refractivity contribution in [3.63, 3.8) is 0 Å². The smallest absolute Gasteiger partial charge is 0.220 e. The van der Waals surface area contributed by atoms with Crippen molar-refractivity contribution in [1.29, 1.82) is 0 Å². The third-order valence-corrected chi connectivity index (χ3v) is 4.30. The van der Waals surface area contributed by atoms with Crippen LogP contribution in [0.4, 0.5) is 0 Å². The van der Waals surface area contributed by atoms with Crippen LogP contribution in [-0.4, -0.2) is 18.5 Å². The van der Waals surface area contributed by atoms with Crippen molar-refractivity contribution in [2.24, 2.45) is 23.5 Å². The Kier molecular flexibility index (Phi) is 6.69. The van der Waals surface area contributed by atoms with E-state index in [-0.39, 0.29) is 5.91 Å². The first-order valence-electron chi connectivity index (χ1n) is 7.52. The van der Waals surface area contributed by atoms with Crippen molar-refractivity contribution in [2.75, 3.05) is 6.54 Å². The third kappa shape index (κ3) is 5.38. The summed E-state index contributed by atoms with van der Waals surface area (Å²) in [6, 6.07) is 0.401. The molecular weight excluding hydrogens is 224 g/mol. The van der Waals surface area contributed by atoms with Crippen LogP contribution in [0.5, 0.6) is 0 Å². The Bertz CT molecular complexity index is 255. The topological polar surface area (TPSA) is 55.1 Å². The third-order valence-electron chi connectivity index (χ3n) is 4.30. The second kappa shape index (κ2) is 7.78. The average Bonchev–Trinajstić information content (AvgIpc) is 2.31. The summed E-state index contributed by atoms with van der Waals surface area (Å²) in [6.45, 7) is 7.46. The SMILES string of the molecule is CC(CCN)CCC(=O)NC1CCC(C)CC1C. The number of amides is 1. The molecule has 4 unspecified atom stereocenters. The molecule has 1 rings (SSSR count). The van der Waals surface area contributed by atoms with Crippen LogP contribution in [0, 0.1) is 17.8 Å². The molecule has 3 nitrogen and oxygen atoms in total. The van der Waals surface area contributed by atoms with E-state index in [1.807, 2.05) is 0 Å². The van der Waals surface area contributed by atoms with Gasteiger partial charge in [0.15, 0.2) is 0 Å². The van der Waals surface area contributed by atoms with Gasteiger partial charge in [-0.1, -0.05) is 20.8 Å². The van der Waals surface area contributed by atoms with Gasteiger partial charge in [-0.15, -0.1) is 0 Å². The fraction of sp³-hybridized carbons (Fsp3) is 0.933. The summed E-state index contributed by atoms with van der Waals surface area (Å²) in [7, 11) is 0. The molecule has 0 spiro atoms. The molecule has 0 radical (unpaired) electrons. The predicted molar refractivity (Wildman–Crippen MR) is 76.2 cm³/mol. The van der Waals surface area contributed by atoms with Gasteiger partial charge in [-0.2, -0.15) is 0 Å². The molecular formula is C15H30N2O. The Balaban J connectivity index is 2.23. The van der Waals surface area contributed by atoms with Crippen molar-refractivity contribution in [3.05, 3.63) is 0 Å². The zero-order chi connectivity index (χ0) is 13.5. The van der Waals surface area contributed by atoms with E-state index >= 15 is 0 Å². The van der Waals surface area contributed by atoms with Crippen LogP contribution in [0.15, 0.2) is 0 Å². The molecule has 0 heterocycles. The molecule has 0 bridgehead atoms. The zero-order valence-electron chi connectivity index (χ0n) is 12.2. The molecule has 106 valence electrons. The summed E-state index contributed by atoms with van der Waals surface area (Å²) in [5.41, 5.74) is 5.52. The highest BCUT2D eigenvalue weighted by atomic mass is 16.1. The van der Waals surface area contributed by atoms with Crippen molar-refractivity contribution in [2.45, 2.75) is 65.3 Å². The maximum atomic E-state index is 11.9. The molecule has 0 aliphatic heterocycles. The number of hydrogen-bond acceptors (Lipinski definition) is 2. The maximum Gasteiger partial charge on any atom is 0.220 e.